The second kappa shape index (κ2) is 8.67. The Bertz CT molecular complexity index is 966. The number of piperidine rings is 1. The topological polar surface area (TPSA) is 66.5 Å². The van der Waals surface area contributed by atoms with Crippen molar-refractivity contribution in [3.8, 4) is 0 Å². The van der Waals surface area contributed by atoms with E-state index in [1.807, 2.05) is 30.3 Å². The van der Waals surface area contributed by atoms with E-state index in [-0.39, 0.29) is 17.6 Å². The molecule has 1 aliphatic heterocycles. The molecular formula is C21H23FN2O3S. The van der Waals surface area contributed by atoms with E-state index in [4.69, 9.17) is 0 Å². The van der Waals surface area contributed by atoms with Crippen molar-refractivity contribution >= 4 is 27.7 Å². The SMILES string of the molecule is Cc1cc(F)ccc1NC(=O)C1CCN(S(=O)(=O)/C=C/c2ccccc2)CC1. The van der Waals surface area contributed by atoms with Gasteiger partial charge in [-0.3, -0.25) is 4.79 Å². The molecule has 0 saturated carbocycles. The largest absolute Gasteiger partial charge is 0.326 e. The normalized spacial score (nSPS) is 16.4. The highest BCUT2D eigenvalue weighted by atomic mass is 32.2. The van der Waals surface area contributed by atoms with Crippen LogP contribution in [0.3, 0.4) is 0 Å². The van der Waals surface area contributed by atoms with Crippen molar-refractivity contribution in [2.75, 3.05) is 18.4 Å². The van der Waals surface area contributed by atoms with Crippen molar-refractivity contribution in [2.45, 2.75) is 19.8 Å². The summed E-state index contributed by atoms with van der Waals surface area (Å²) in [5.74, 6) is -0.779. The lowest BCUT2D eigenvalue weighted by atomic mass is 9.97. The highest BCUT2D eigenvalue weighted by Crippen LogP contribution is 2.23. The molecule has 1 amide bonds. The van der Waals surface area contributed by atoms with Crippen LogP contribution in [0.5, 0.6) is 0 Å². The van der Waals surface area contributed by atoms with E-state index in [0.29, 0.717) is 37.2 Å². The first kappa shape index (κ1) is 20.2. The lowest BCUT2D eigenvalue weighted by Crippen LogP contribution is -2.40. The van der Waals surface area contributed by atoms with Gasteiger partial charge < -0.3 is 5.32 Å². The number of rotatable bonds is 5. The minimum atomic E-state index is -3.52. The number of aryl methyl sites for hydroxylation is 1. The maximum atomic E-state index is 13.2. The fourth-order valence-electron chi connectivity index (χ4n) is 3.19. The number of hydrogen-bond acceptors (Lipinski definition) is 3. The zero-order valence-electron chi connectivity index (χ0n) is 15.6. The Morgan fingerprint density at radius 2 is 1.82 bits per heavy atom. The van der Waals surface area contributed by atoms with E-state index < -0.39 is 10.0 Å². The third-order valence-corrected chi connectivity index (χ3v) is 6.43. The van der Waals surface area contributed by atoms with Gasteiger partial charge >= 0.3 is 0 Å². The van der Waals surface area contributed by atoms with Gasteiger partial charge in [-0.2, -0.15) is 4.31 Å². The van der Waals surface area contributed by atoms with Crippen molar-refractivity contribution < 1.29 is 17.6 Å². The molecule has 1 N–H and O–H groups in total. The van der Waals surface area contributed by atoms with E-state index in [1.54, 1.807) is 13.0 Å². The molecule has 2 aromatic carbocycles. The highest BCUT2D eigenvalue weighted by molar-refractivity contribution is 7.92. The average molecular weight is 402 g/mol. The van der Waals surface area contributed by atoms with Crippen LogP contribution >= 0.6 is 0 Å². The lowest BCUT2D eigenvalue weighted by Gasteiger charge is -2.29. The molecule has 3 rings (SSSR count). The minimum absolute atomic E-state index is 0.161. The number of amides is 1. The van der Waals surface area contributed by atoms with Crippen molar-refractivity contribution in [2.24, 2.45) is 5.92 Å². The first-order chi connectivity index (χ1) is 13.3. The van der Waals surface area contributed by atoms with Crippen molar-refractivity contribution in [3.63, 3.8) is 0 Å². The molecular weight excluding hydrogens is 379 g/mol. The standard InChI is InChI=1S/C21H23FN2O3S/c1-16-15-19(22)7-8-20(16)23-21(25)18-9-12-24(13-10-18)28(26,27)14-11-17-5-3-2-4-6-17/h2-8,11,14-15,18H,9-10,12-13H2,1H3,(H,23,25)/b14-11+. The van der Waals surface area contributed by atoms with Gasteiger partial charge in [0.25, 0.3) is 0 Å². The Labute approximate surface area is 164 Å². The zero-order valence-corrected chi connectivity index (χ0v) is 16.5. The summed E-state index contributed by atoms with van der Waals surface area (Å²) < 4.78 is 39.6. The molecule has 0 aliphatic carbocycles. The summed E-state index contributed by atoms with van der Waals surface area (Å²) >= 11 is 0. The number of carbonyl (C=O) groups is 1. The Morgan fingerprint density at radius 1 is 1.14 bits per heavy atom. The van der Waals surface area contributed by atoms with Crippen molar-refractivity contribution in [1.29, 1.82) is 0 Å². The van der Waals surface area contributed by atoms with Gasteiger partial charge in [-0.15, -0.1) is 0 Å². The van der Waals surface area contributed by atoms with Crippen LogP contribution in [0.2, 0.25) is 0 Å². The molecule has 1 fully saturated rings. The molecule has 2 aromatic rings. The predicted molar refractivity (Wildman–Crippen MR) is 108 cm³/mol. The number of nitrogens with one attached hydrogen (secondary N) is 1. The number of benzene rings is 2. The highest BCUT2D eigenvalue weighted by Gasteiger charge is 2.30. The summed E-state index contributed by atoms with van der Waals surface area (Å²) in [4.78, 5) is 12.5. The molecule has 0 spiro atoms. The second-order valence-electron chi connectivity index (χ2n) is 6.88. The zero-order chi connectivity index (χ0) is 20.1. The fourth-order valence-corrected chi connectivity index (χ4v) is 4.41. The summed E-state index contributed by atoms with van der Waals surface area (Å²) in [6.45, 7) is 2.32. The molecule has 0 atom stereocenters. The summed E-state index contributed by atoms with van der Waals surface area (Å²) in [6, 6.07) is 13.4. The minimum Gasteiger partial charge on any atom is -0.326 e. The molecule has 0 radical (unpaired) electrons. The third-order valence-electron chi connectivity index (χ3n) is 4.86. The number of sulfonamides is 1. The van der Waals surface area contributed by atoms with Gasteiger partial charge in [0.05, 0.1) is 0 Å². The average Bonchev–Trinajstić information content (AvgIpc) is 2.69. The summed E-state index contributed by atoms with van der Waals surface area (Å²) in [5, 5.41) is 4.03. The van der Waals surface area contributed by atoms with Crippen LogP contribution in [0.1, 0.15) is 24.0 Å². The molecule has 1 aliphatic rings. The molecule has 7 heteroatoms. The quantitative estimate of drug-likeness (QED) is 0.828. The van der Waals surface area contributed by atoms with Gasteiger partial charge in [0, 0.05) is 30.1 Å². The third kappa shape index (κ3) is 5.05. The summed E-state index contributed by atoms with van der Waals surface area (Å²) in [5.41, 5.74) is 2.04. The van der Waals surface area contributed by atoms with Crippen LogP contribution in [-0.2, 0) is 14.8 Å². The Morgan fingerprint density at radius 3 is 2.46 bits per heavy atom. The van der Waals surface area contributed by atoms with E-state index in [9.17, 15) is 17.6 Å². The predicted octanol–water partition coefficient (Wildman–Crippen LogP) is 3.79. The molecule has 148 valence electrons. The van der Waals surface area contributed by atoms with E-state index in [0.717, 1.165) is 5.56 Å². The van der Waals surface area contributed by atoms with Crippen LogP contribution in [0.15, 0.2) is 53.9 Å². The number of carbonyl (C=O) groups excluding carboxylic acids is 1. The molecule has 1 heterocycles. The lowest BCUT2D eigenvalue weighted by molar-refractivity contribution is -0.120. The fraction of sp³-hybridized carbons (Fsp3) is 0.286. The molecule has 28 heavy (non-hydrogen) atoms. The maximum Gasteiger partial charge on any atom is 0.236 e. The Hall–Kier alpha value is -2.51. The van der Waals surface area contributed by atoms with Gasteiger partial charge in [0.15, 0.2) is 0 Å². The van der Waals surface area contributed by atoms with Gasteiger partial charge in [0.2, 0.25) is 15.9 Å². The van der Waals surface area contributed by atoms with Crippen molar-refractivity contribution in [3.05, 3.63) is 70.9 Å². The molecule has 5 nitrogen and oxygen atoms in total. The van der Waals surface area contributed by atoms with Gasteiger partial charge in [-0.05, 0) is 55.2 Å². The first-order valence-corrected chi connectivity index (χ1v) is 10.7. The van der Waals surface area contributed by atoms with Gasteiger partial charge in [-0.25, -0.2) is 12.8 Å². The van der Waals surface area contributed by atoms with Crippen LogP contribution in [0.4, 0.5) is 10.1 Å². The van der Waals surface area contributed by atoms with Crippen LogP contribution < -0.4 is 5.32 Å². The van der Waals surface area contributed by atoms with E-state index in [1.165, 1.54) is 27.9 Å². The molecule has 0 unspecified atom stereocenters. The number of hydrogen-bond donors (Lipinski definition) is 1. The van der Waals surface area contributed by atoms with Crippen LogP contribution in [-0.4, -0.2) is 31.7 Å². The van der Waals surface area contributed by atoms with Gasteiger partial charge in [-0.1, -0.05) is 30.3 Å². The van der Waals surface area contributed by atoms with E-state index >= 15 is 0 Å². The summed E-state index contributed by atoms with van der Waals surface area (Å²) in [7, 11) is -3.52. The first-order valence-electron chi connectivity index (χ1n) is 9.15. The van der Waals surface area contributed by atoms with Crippen LogP contribution in [0.25, 0.3) is 6.08 Å². The summed E-state index contributed by atoms with van der Waals surface area (Å²) in [6.07, 6.45) is 2.47. The van der Waals surface area contributed by atoms with Gasteiger partial charge in [0.1, 0.15) is 5.82 Å². The van der Waals surface area contributed by atoms with Crippen LogP contribution in [0, 0.1) is 18.7 Å². The number of nitrogens with zero attached hydrogens (tertiary/aromatic N) is 1. The molecule has 0 bridgehead atoms. The van der Waals surface area contributed by atoms with Crippen molar-refractivity contribution in [1.82, 2.24) is 4.31 Å². The number of anilines is 1. The number of halogens is 1. The Kier molecular flexibility index (Phi) is 6.26. The van der Waals surface area contributed by atoms with E-state index in [2.05, 4.69) is 5.32 Å². The maximum absolute atomic E-state index is 13.2. The molecule has 1 saturated heterocycles. The molecule has 0 aromatic heterocycles. The Balaban J connectivity index is 1.57. The second-order valence-corrected chi connectivity index (χ2v) is 8.70. The smallest absolute Gasteiger partial charge is 0.236 e. The monoisotopic (exact) mass is 402 g/mol.